The number of esters is 1. The molecule has 6 aliphatic rings. The highest BCUT2D eigenvalue weighted by Crippen LogP contribution is 2.65. The maximum Gasteiger partial charge on any atom is 0.324 e. The van der Waals surface area contributed by atoms with Crippen molar-refractivity contribution in [3.8, 4) is 29.1 Å². The molecule has 0 saturated carbocycles. The highest BCUT2D eigenvalue weighted by molar-refractivity contribution is 6.12. The van der Waals surface area contributed by atoms with Gasteiger partial charge in [-0.15, -0.1) is 0 Å². The summed E-state index contributed by atoms with van der Waals surface area (Å²) in [4.78, 5) is 53.0. The van der Waals surface area contributed by atoms with Gasteiger partial charge in [-0.25, -0.2) is 0 Å². The molecule has 322 valence electrons. The first-order chi connectivity index (χ1) is 31.4. The lowest BCUT2D eigenvalue weighted by atomic mass is 9.65. The monoisotopic (exact) mass is 852 g/mol. The second kappa shape index (κ2) is 16.4. The Labute approximate surface area is 372 Å². The Bertz CT molecular complexity index is 2720. The first-order valence-electron chi connectivity index (χ1n) is 22.3. The lowest BCUT2D eigenvalue weighted by Gasteiger charge is -2.46. The quantitative estimate of drug-likeness (QED) is 0.132. The van der Waals surface area contributed by atoms with E-state index in [1.54, 1.807) is 12.1 Å². The SMILES string of the molecule is O=C1OC(c2ccccc2)C(c2ccccc2)N2C1C(C(=O)N1CCN(Cc3ccc4c(c3)OCO4)CC1)C1(C(=O)Nc3ccc(C#CC4=CCCCC4)cc31)C2c1ccc(O)cc1. The van der Waals surface area contributed by atoms with Crippen molar-refractivity contribution >= 4 is 23.5 Å². The number of nitrogens with one attached hydrogen (secondary N) is 1. The molecule has 0 bridgehead atoms. The second-order valence-electron chi connectivity index (χ2n) is 17.6. The van der Waals surface area contributed by atoms with Crippen molar-refractivity contribution in [2.24, 2.45) is 5.92 Å². The molecular formula is C53H48N4O7. The zero-order valence-corrected chi connectivity index (χ0v) is 35.3. The van der Waals surface area contributed by atoms with Gasteiger partial charge in [0.05, 0.1) is 18.0 Å². The molecule has 0 aromatic heterocycles. The topological polar surface area (TPSA) is 121 Å². The zero-order chi connectivity index (χ0) is 43.4. The van der Waals surface area contributed by atoms with Crippen LogP contribution in [0.1, 0.15) is 77.3 Å². The molecule has 11 heteroatoms. The number of rotatable bonds is 6. The Kier molecular flexibility index (Phi) is 10.2. The number of carbonyl (C=O) groups excluding carboxylic acids is 3. The number of ether oxygens (including phenoxy) is 3. The van der Waals surface area contributed by atoms with Crippen molar-refractivity contribution in [2.45, 2.75) is 61.9 Å². The van der Waals surface area contributed by atoms with Crippen molar-refractivity contribution in [2.75, 3.05) is 38.3 Å². The van der Waals surface area contributed by atoms with Crippen LogP contribution in [0.5, 0.6) is 17.2 Å². The van der Waals surface area contributed by atoms with Gasteiger partial charge in [0, 0.05) is 44.0 Å². The Morgan fingerprint density at radius 1 is 0.766 bits per heavy atom. The van der Waals surface area contributed by atoms with E-state index in [2.05, 4.69) is 33.0 Å². The number of anilines is 1. The lowest BCUT2D eigenvalue weighted by Crippen LogP contribution is -2.58. The van der Waals surface area contributed by atoms with Gasteiger partial charge in [-0.2, -0.15) is 0 Å². The third kappa shape index (κ3) is 6.80. The molecule has 2 amide bonds. The van der Waals surface area contributed by atoms with Crippen molar-refractivity contribution in [3.05, 3.63) is 166 Å². The van der Waals surface area contributed by atoms with Crippen LogP contribution in [0.15, 0.2) is 133 Å². The van der Waals surface area contributed by atoms with Crippen molar-refractivity contribution in [1.82, 2.24) is 14.7 Å². The minimum Gasteiger partial charge on any atom is -0.508 e. The van der Waals surface area contributed by atoms with E-state index >= 15 is 14.4 Å². The fourth-order valence-electron chi connectivity index (χ4n) is 11.0. The molecule has 1 spiro atoms. The summed E-state index contributed by atoms with van der Waals surface area (Å²) in [5.74, 6) is 5.89. The number of amides is 2. The molecule has 11 rings (SSSR count). The van der Waals surface area contributed by atoms with E-state index < -0.39 is 41.5 Å². The summed E-state index contributed by atoms with van der Waals surface area (Å²) in [7, 11) is 0. The summed E-state index contributed by atoms with van der Waals surface area (Å²) >= 11 is 0. The predicted molar refractivity (Wildman–Crippen MR) is 239 cm³/mol. The van der Waals surface area contributed by atoms with Crippen LogP contribution in [0.2, 0.25) is 0 Å². The van der Waals surface area contributed by atoms with E-state index in [-0.39, 0.29) is 24.4 Å². The fraction of sp³-hybridized carbons (Fsp3) is 0.302. The summed E-state index contributed by atoms with van der Waals surface area (Å²) < 4.78 is 17.8. The summed E-state index contributed by atoms with van der Waals surface area (Å²) in [5.41, 5.74) is 4.80. The summed E-state index contributed by atoms with van der Waals surface area (Å²) in [6.45, 7) is 2.82. The summed E-state index contributed by atoms with van der Waals surface area (Å²) in [6, 6.07) is 35.5. The number of nitrogens with zero attached hydrogens (tertiary/aromatic N) is 3. The number of hydrogen-bond acceptors (Lipinski definition) is 9. The van der Waals surface area contributed by atoms with Gasteiger partial charge in [0.15, 0.2) is 11.5 Å². The highest BCUT2D eigenvalue weighted by Gasteiger charge is 2.74. The molecule has 11 nitrogen and oxygen atoms in total. The molecule has 6 atom stereocenters. The second-order valence-corrected chi connectivity index (χ2v) is 17.6. The van der Waals surface area contributed by atoms with Gasteiger partial charge in [-0.3, -0.25) is 24.2 Å². The minimum atomic E-state index is -1.63. The molecule has 3 saturated heterocycles. The number of phenolic OH excluding ortho intramolecular Hbond substituents is 1. The highest BCUT2D eigenvalue weighted by atomic mass is 16.7. The molecular weight excluding hydrogens is 805 g/mol. The van der Waals surface area contributed by atoms with E-state index in [1.165, 1.54) is 0 Å². The molecule has 3 fully saturated rings. The number of phenols is 1. The van der Waals surface area contributed by atoms with Gasteiger partial charge >= 0.3 is 5.97 Å². The van der Waals surface area contributed by atoms with Crippen LogP contribution >= 0.6 is 0 Å². The average Bonchev–Trinajstić information content (AvgIpc) is 4.02. The lowest BCUT2D eigenvalue weighted by molar-refractivity contribution is -0.179. The number of aromatic hydroxyl groups is 1. The van der Waals surface area contributed by atoms with Gasteiger partial charge in [-0.05, 0) is 102 Å². The van der Waals surface area contributed by atoms with Gasteiger partial charge in [0.1, 0.15) is 23.3 Å². The standard InChI is InChI=1S/C53H48N4O7/c58-40-22-20-39(21-23-40)49-53(41-30-35(18-24-42(41)54-52(53)61)17-16-34-10-4-1-5-11-34)45(50(59)56-28-26-55(27-29-56)32-36-19-25-43-44(31-36)63-33-62-43)47-51(60)64-48(38-14-8-3-9-15-38)46(57(47)49)37-12-6-2-7-13-37/h2-3,6-10,12-15,18-25,30-31,45-49,58H,1,4-5,11,26-29,32-33H2,(H,54,61). The molecule has 2 N–H and O–H groups in total. The van der Waals surface area contributed by atoms with E-state index in [0.29, 0.717) is 55.1 Å². The van der Waals surface area contributed by atoms with Crippen molar-refractivity contribution in [3.63, 3.8) is 0 Å². The van der Waals surface area contributed by atoms with Gasteiger partial charge < -0.3 is 29.5 Å². The third-order valence-corrected chi connectivity index (χ3v) is 14.0. The van der Waals surface area contributed by atoms with E-state index in [0.717, 1.165) is 59.4 Å². The molecule has 5 aromatic rings. The first kappa shape index (κ1) is 39.9. The normalized spacial score (nSPS) is 26.0. The number of carbonyl (C=O) groups is 3. The Morgan fingerprint density at radius 2 is 1.52 bits per heavy atom. The largest absolute Gasteiger partial charge is 0.508 e. The van der Waals surface area contributed by atoms with Crippen LogP contribution in [0.25, 0.3) is 0 Å². The molecule has 64 heavy (non-hydrogen) atoms. The predicted octanol–water partition coefficient (Wildman–Crippen LogP) is 7.59. The molecule has 5 aromatic carbocycles. The first-order valence-corrected chi connectivity index (χ1v) is 22.3. The van der Waals surface area contributed by atoms with Crippen LogP contribution in [0, 0.1) is 17.8 Å². The van der Waals surface area contributed by atoms with E-state index in [9.17, 15) is 5.11 Å². The Balaban J connectivity index is 1.06. The van der Waals surface area contributed by atoms with Gasteiger partial charge in [-0.1, -0.05) is 96.8 Å². The van der Waals surface area contributed by atoms with Crippen LogP contribution in [0.4, 0.5) is 5.69 Å². The zero-order valence-electron chi connectivity index (χ0n) is 35.3. The van der Waals surface area contributed by atoms with E-state index in [1.807, 2.05) is 114 Å². The van der Waals surface area contributed by atoms with Gasteiger partial charge in [0.2, 0.25) is 18.6 Å². The van der Waals surface area contributed by atoms with Crippen LogP contribution in [-0.4, -0.2) is 76.6 Å². The average molecular weight is 853 g/mol. The third-order valence-electron chi connectivity index (χ3n) is 14.0. The fourth-order valence-corrected chi connectivity index (χ4v) is 11.0. The van der Waals surface area contributed by atoms with E-state index in [4.69, 9.17) is 14.2 Å². The summed E-state index contributed by atoms with van der Waals surface area (Å²) in [6.07, 6.45) is 5.60. The molecule has 6 unspecified atom stereocenters. The number of allylic oxidation sites excluding steroid dienone is 2. The van der Waals surface area contributed by atoms with Crippen LogP contribution < -0.4 is 14.8 Å². The van der Waals surface area contributed by atoms with Crippen molar-refractivity contribution < 1.29 is 33.7 Å². The Morgan fingerprint density at radius 3 is 2.27 bits per heavy atom. The number of fused-ring (bicyclic) bond motifs is 4. The maximum atomic E-state index is 15.9. The Hall–Kier alpha value is -6.87. The number of piperazine rings is 1. The minimum absolute atomic E-state index is 0.0595. The number of benzene rings is 5. The van der Waals surface area contributed by atoms with Crippen LogP contribution in [0.3, 0.4) is 0 Å². The molecule has 5 aliphatic heterocycles. The van der Waals surface area contributed by atoms with Gasteiger partial charge in [0.25, 0.3) is 0 Å². The molecule has 0 radical (unpaired) electrons. The summed E-state index contributed by atoms with van der Waals surface area (Å²) in [5, 5.41) is 13.9. The van der Waals surface area contributed by atoms with Crippen molar-refractivity contribution in [1.29, 1.82) is 0 Å². The number of hydrogen-bond donors (Lipinski definition) is 2. The van der Waals surface area contributed by atoms with Crippen LogP contribution in [-0.2, 0) is 31.1 Å². The number of morpholine rings is 1. The number of cyclic esters (lactones) is 1. The maximum absolute atomic E-state index is 15.9. The molecule has 1 aliphatic carbocycles. The smallest absolute Gasteiger partial charge is 0.324 e. The molecule has 5 heterocycles.